The molecule has 0 aromatic heterocycles. The third-order valence-electron chi connectivity index (χ3n) is 6.32. The summed E-state index contributed by atoms with van der Waals surface area (Å²) in [6.45, 7) is 15.3. The van der Waals surface area contributed by atoms with E-state index in [1.807, 2.05) is 20.8 Å². The van der Waals surface area contributed by atoms with Crippen molar-refractivity contribution in [3.8, 4) is 0 Å². The summed E-state index contributed by atoms with van der Waals surface area (Å²) >= 11 is 0. The Labute approximate surface area is 319 Å². The maximum Gasteiger partial charge on any atom is 0.407 e. The Morgan fingerprint density at radius 1 is 0.444 bits per heavy atom. The fraction of sp³-hybridized carbons (Fsp3) is 0.757. The molecule has 0 saturated carbocycles. The summed E-state index contributed by atoms with van der Waals surface area (Å²) in [6, 6.07) is 8.24. The van der Waals surface area contributed by atoms with Crippen molar-refractivity contribution in [1.29, 1.82) is 0 Å². The van der Waals surface area contributed by atoms with Gasteiger partial charge in [-0.1, -0.05) is 30.3 Å². The topological polar surface area (TPSA) is 183 Å². The van der Waals surface area contributed by atoms with Crippen molar-refractivity contribution >= 4 is 17.8 Å². The second-order valence-electron chi connectivity index (χ2n) is 12.0. The number of nitrogens with one attached hydrogen (secondary N) is 1. The van der Waals surface area contributed by atoms with Gasteiger partial charge in [0, 0.05) is 12.1 Å². The predicted molar refractivity (Wildman–Crippen MR) is 195 cm³/mol. The van der Waals surface area contributed by atoms with Crippen molar-refractivity contribution in [2.24, 2.45) is 0 Å². The Kier molecular flexibility index (Phi) is 32.7. The van der Waals surface area contributed by atoms with E-state index in [4.69, 9.17) is 61.6 Å². The van der Waals surface area contributed by atoms with E-state index >= 15 is 0 Å². The lowest BCUT2D eigenvalue weighted by atomic mass is 10.1. The third kappa shape index (κ3) is 33.7. The van der Waals surface area contributed by atoms with Crippen LogP contribution in [0.1, 0.15) is 31.1 Å². The highest BCUT2D eigenvalue weighted by Gasteiger charge is 2.17. The normalized spacial score (nSPS) is 11.5. The van der Waals surface area contributed by atoms with E-state index in [1.165, 1.54) is 0 Å². The van der Waals surface area contributed by atoms with Crippen molar-refractivity contribution in [3.05, 3.63) is 35.9 Å². The molecule has 1 amide bonds. The van der Waals surface area contributed by atoms with Gasteiger partial charge in [0.05, 0.1) is 145 Å². The minimum absolute atomic E-state index is 0.00844. The number of esters is 1. The molecular formula is C37H63NO16. The largest absolute Gasteiger partial charge is 0.457 e. The van der Waals surface area contributed by atoms with Gasteiger partial charge in [-0.3, -0.25) is 4.79 Å². The van der Waals surface area contributed by atoms with Crippen LogP contribution in [0.5, 0.6) is 0 Å². The molecule has 17 nitrogen and oxygen atoms in total. The molecule has 0 radical (unpaired) electrons. The molecule has 0 heterocycles. The van der Waals surface area contributed by atoms with Gasteiger partial charge in [0.1, 0.15) is 12.2 Å². The van der Waals surface area contributed by atoms with E-state index < -0.39 is 23.4 Å². The third-order valence-corrected chi connectivity index (χ3v) is 6.32. The van der Waals surface area contributed by atoms with Gasteiger partial charge >= 0.3 is 12.1 Å². The maximum atomic E-state index is 11.9. The Hall–Kier alpha value is -2.81. The van der Waals surface area contributed by atoms with E-state index in [-0.39, 0.29) is 13.2 Å². The van der Waals surface area contributed by atoms with Crippen molar-refractivity contribution in [1.82, 2.24) is 5.32 Å². The zero-order chi connectivity index (χ0) is 39.2. The Morgan fingerprint density at radius 2 is 0.741 bits per heavy atom. The lowest BCUT2D eigenvalue weighted by Crippen LogP contribution is -2.34. The highest BCUT2D eigenvalue weighted by atomic mass is 16.6. The van der Waals surface area contributed by atoms with Crippen LogP contribution in [0.15, 0.2) is 30.3 Å². The molecule has 312 valence electrons. The summed E-state index contributed by atoms with van der Waals surface area (Å²) < 4.78 is 69.9. The fourth-order valence-electron chi connectivity index (χ4n) is 3.81. The quantitative estimate of drug-likeness (QED) is 0.0446. The number of Topliss-reactive ketones (excluding diaryl/α,β-unsaturated/α-hetero) is 1. The lowest BCUT2D eigenvalue weighted by molar-refractivity contribution is -0.139. The molecule has 0 spiro atoms. The van der Waals surface area contributed by atoms with E-state index in [1.54, 1.807) is 30.3 Å². The molecule has 1 aromatic carbocycles. The minimum atomic E-state index is -0.902. The molecule has 1 aromatic rings. The van der Waals surface area contributed by atoms with Crippen molar-refractivity contribution in [2.75, 3.05) is 159 Å². The van der Waals surface area contributed by atoms with Crippen LogP contribution in [0.25, 0.3) is 0 Å². The van der Waals surface area contributed by atoms with Gasteiger partial charge in [-0.15, -0.1) is 0 Å². The number of amides is 1. The molecule has 17 heteroatoms. The molecule has 0 aliphatic heterocycles. The molecule has 0 saturated heterocycles. The van der Waals surface area contributed by atoms with Crippen LogP contribution in [0.4, 0.5) is 4.79 Å². The molecule has 1 N–H and O–H groups in total. The first-order valence-corrected chi connectivity index (χ1v) is 18.4. The first-order chi connectivity index (χ1) is 26.3. The monoisotopic (exact) mass is 777 g/mol. The molecule has 54 heavy (non-hydrogen) atoms. The number of hydrogen-bond acceptors (Lipinski definition) is 16. The molecule has 0 aliphatic rings. The average Bonchev–Trinajstić information content (AvgIpc) is 3.15. The zero-order valence-corrected chi connectivity index (χ0v) is 32.4. The van der Waals surface area contributed by atoms with Crippen LogP contribution in [-0.4, -0.2) is 182 Å². The first-order valence-electron chi connectivity index (χ1n) is 18.4. The lowest BCUT2D eigenvalue weighted by Gasteiger charge is -2.19. The van der Waals surface area contributed by atoms with E-state index in [9.17, 15) is 14.4 Å². The molecular weight excluding hydrogens is 714 g/mol. The van der Waals surface area contributed by atoms with Crippen molar-refractivity contribution in [3.63, 3.8) is 0 Å². The molecule has 0 fully saturated rings. The molecule has 0 aliphatic carbocycles. The highest BCUT2D eigenvalue weighted by Crippen LogP contribution is 2.06. The van der Waals surface area contributed by atoms with E-state index in [0.717, 1.165) is 0 Å². The highest BCUT2D eigenvalue weighted by molar-refractivity contribution is 6.40. The summed E-state index contributed by atoms with van der Waals surface area (Å²) in [5.74, 6) is -1.58. The minimum Gasteiger partial charge on any atom is -0.457 e. The Bertz CT molecular complexity index is 1030. The predicted octanol–water partition coefficient (Wildman–Crippen LogP) is 2.12. The Balaban J connectivity index is 1.66. The van der Waals surface area contributed by atoms with Crippen molar-refractivity contribution < 1.29 is 76.0 Å². The van der Waals surface area contributed by atoms with Gasteiger partial charge < -0.3 is 66.9 Å². The number of ketones is 1. The number of alkyl carbamates (subject to hydrolysis) is 1. The first kappa shape index (κ1) is 49.2. The van der Waals surface area contributed by atoms with Gasteiger partial charge in [0.2, 0.25) is 0 Å². The zero-order valence-electron chi connectivity index (χ0n) is 32.4. The van der Waals surface area contributed by atoms with Gasteiger partial charge in [0.15, 0.2) is 0 Å². The van der Waals surface area contributed by atoms with Crippen LogP contribution >= 0.6 is 0 Å². The molecule has 1 rings (SSSR count). The molecule has 0 bridgehead atoms. The van der Waals surface area contributed by atoms with E-state index in [2.05, 4.69) is 5.32 Å². The summed E-state index contributed by atoms with van der Waals surface area (Å²) in [4.78, 5) is 35.1. The number of rotatable bonds is 38. The summed E-state index contributed by atoms with van der Waals surface area (Å²) in [5, 5.41) is 2.62. The van der Waals surface area contributed by atoms with Crippen LogP contribution in [0, 0.1) is 0 Å². The number of benzene rings is 1. The second-order valence-corrected chi connectivity index (χ2v) is 12.0. The molecule has 0 unspecified atom stereocenters. The summed E-state index contributed by atoms with van der Waals surface area (Å²) in [6.07, 6.45) is -0.459. The van der Waals surface area contributed by atoms with Crippen molar-refractivity contribution in [2.45, 2.75) is 26.4 Å². The van der Waals surface area contributed by atoms with Crippen LogP contribution < -0.4 is 5.32 Å². The Morgan fingerprint density at radius 3 is 1.06 bits per heavy atom. The number of ether oxygens (including phenoxy) is 13. The van der Waals surface area contributed by atoms with Crippen LogP contribution in [0.2, 0.25) is 0 Å². The van der Waals surface area contributed by atoms with Gasteiger partial charge in [-0.25, -0.2) is 9.59 Å². The van der Waals surface area contributed by atoms with Gasteiger partial charge in [0.25, 0.3) is 5.78 Å². The fourth-order valence-corrected chi connectivity index (χ4v) is 3.81. The maximum absolute atomic E-state index is 11.9. The van der Waals surface area contributed by atoms with Gasteiger partial charge in [-0.05, 0) is 20.8 Å². The number of carbonyl (C=O) groups excluding carboxylic acids is 3. The standard InChI is InChI=1S/C37H63NO16/c1-37(2,3)54-36(41)38-9-10-42-11-12-43-13-14-44-15-16-45-17-18-46-19-20-47-21-22-48-23-24-49-25-26-50-27-28-51-29-30-52-31-32-53-35(40)34(39)33-7-5-4-6-8-33/h4-8H,9-32H2,1-3H3,(H,38,41). The smallest absolute Gasteiger partial charge is 0.407 e. The molecule has 0 atom stereocenters. The SMILES string of the molecule is CC(C)(C)OC(=O)NCCOCCOCCOCCOCCOCCOCCOCCOCCOCCOCCOCCOC(=O)C(=O)c1ccccc1. The summed E-state index contributed by atoms with van der Waals surface area (Å²) in [7, 11) is 0. The number of hydrogen-bond donors (Lipinski definition) is 1. The van der Waals surface area contributed by atoms with Gasteiger partial charge in [-0.2, -0.15) is 0 Å². The second kappa shape index (κ2) is 35.9. The van der Waals surface area contributed by atoms with Crippen LogP contribution in [0.3, 0.4) is 0 Å². The van der Waals surface area contributed by atoms with E-state index in [0.29, 0.717) is 151 Å². The number of carbonyl (C=O) groups is 3. The van der Waals surface area contributed by atoms with Crippen LogP contribution in [-0.2, 0) is 66.4 Å². The summed E-state index contributed by atoms with van der Waals surface area (Å²) in [5.41, 5.74) is -0.228. The average molecular weight is 778 g/mol.